The molecule has 0 aliphatic heterocycles. The van der Waals surface area contributed by atoms with E-state index >= 15 is 0 Å². The quantitative estimate of drug-likeness (QED) is 0.456. The van der Waals surface area contributed by atoms with Gasteiger partial charge in [0.15, 0.2) is 11.6 Å². The minimum absolute atomic E-state index is 0.0281. The molecule has 27 heavy (non-hydrogen) atoms. The molecule has 0 spiro atoms. The van der Waals surface area contributed by atoms with Gasteiger partial charge in [-0.2, -0.15) is 0 Å². The zero-order valence-electron chi connectivity index (χ0n) is 16.0. The van der Waals surface area contributed by atoms with Crippen molar-refractivity contribution in [2.45, 2.75) is 40.5 Å². The number of carbonyl (C=O) groups is 4. The van der Waals surface area contributed by atoms with Crippen LogP contribution in [0.15, 0.2) is 30.3 Å². The van der Waals surface area contributed by atoms with Crippen LogP contribution in [0.25, 0.3) is 11.1 Å². The Labute approximate surface area is 158 Å². The van der Waals surface area contributed by atoms with Crippen molar-refractivity contribution in [2.75, 3.05) is 5.73 Å². The second kappa shape index (κ2) is 8.08. The minimum atomic E-state index is -0.512. The molecule has 0 saturated heterocycles. The lowest BCUT2D eigenvalue weighted by molar-refractivity contribution is -0.117. The van der Waals surface area contributed by atoms with Crippen LogP contribution in [0.3, 0.4) is 0 Å². The number of ketones is 4. The minimum Gasteiger partial charge on any atom is -0.398 e. The van der Waals surface area contributed by atoms with Crippen LogP contribution in [0.2, 0.25) is 0 Å². The fraction of sp³-hybridized carbons (Fsp3) is 0.273. The van der Waals surface area contributed by atoms with Gasteiger partial charge in [-0.1, -0.05) is 24.3 Å². The first-order chi connectivity index (χ1) is 12.6. The summed E-state index contributed by atoms with van der Waals surface area (Å²) in [5.41, 5.74) is 9.88. The molecule has 140 valence electrons. The summed E-state index contributed by atoms with van der Waals surface area (Å²) in [5.74, 6) is -1.60. The number of rotatable bonds is 7. The van der Waals surface area contributed by atoms with Gasteiger partial charge in [0.2, 0.25) is 0 Å². The van der Waals surface area contributed by atoms with Gasteiger partial charge >= 0.3 is 0 Å². The van der Waals surface area contributed by atoms with Gasteiger partial charge in [-0.3, -0.25) is 19.2 Å². The monoisotopic (exact) mass is 365 g/mol. The maximum atomic E-state index is 12.7. The summed E-state index contributed by atoms with van der Waals surface area (Å²) in [4.78, 5) is 48.2. The number of aryl methyl sites for hydroxylation is 2. The van der Waals surface area contributed by atoms with Crippen molar-refractivity contribution in [1.29, 1.82) is 0 Å². The number of hydrogen-bond acceptors (Lipinski definition) is 5. The van der Waals surface area contributed by atoms with Crippen LogP contribution >= 0.6 is 0 Å². The molecule has 0 aliphatic rings. The van der Waals surface area contributed by atoms with Crippen molar-refractivity contribution in [3.63, 3.8) is 0 Å². The number of carbonyl (C=O) groups excluding carboxylic acids is 4. The van der Waals surface area contributed by atoms with Gasteiger partial charge in [0.1, 0.15) is 11.6 Å². The van der Waals surface area contributed by atoms with Crippen molar-refractivity contribution >= 4 is 28.8 Å². The lowest BCUT2D eigenvalue weighted by atomic mass is 9.86. The van der Waals surface area contributed by atoms with E-state index in [0.29, 0.717) is 5.56 Å². The van der Waals surface area contributed by atoms with E-state index in [1.807, 2.05) is 38.1 Å². The topological polar surface area (TPSA) is 94.3 Å². The Hall–Kier alpha value is -3.08. The van der Waals surface area contributed by atoms with Crippen LogP contribution in [-0.2, 0) is 9.59 Å². The molecule has 0 atom stereocenters. The van der Waals surface area contributed by atoms with E-state index in [9.17, 15) is 19.2 Å². The molecule has 2 aromatic rings. The van der Waals surface area contributed by atoms with E-state index in [4.69, 9.17) is 5.73 Å². The SMILES string of the molecule is CC(=O)CC(=O)c1cc(C)c(-c2ccccc2C)c(N)c1C(=O)CC(C)=O. The Morgan fingerprint density at radius 1 is 0.852 bits per heavy atom. The number of anilines is 1. The fourth-order valence-electron chi connectivity index (χ4n) is 3.21. The largest absolute Gasteiger partial charge is 0.398 e. The Bertz CT molecular complexity index is 957. The van der Waals surface area contributed by atoms with Gasteiger partial charge in [0.25, 0.3) is 0 Å². The van der Waals surface area contributed by atoms with Gasteiger partial charge in [-0.25, -0.2) is 0 Å². The molecule has 2 N–H and O–H groups in total. The fourth-order valence-corrected chi connectivity index (χ4v) is 3.21. The summed E-state index contributed by atoms with van der Waals surface area (Å²) in [5, 5.41) is 0. The number of nitrogens with two attached hydrogens (primary N) is 1. The second-order valence-corrected chi connectivity index (χ2v) is 6.82. The maximum absolute atomic E-state index is 12.7. The first-order valence-electron chi connectivity index (χ1n) is 8.67. The summed E-state index contributed by atoms with van der Waals surface area (Å²) in [6.07, 6.45) is -0.663. The molecular weight excluding hydrogens is 342 g/mol. The van der Waals surface area contributed by atoms with Gasteiger partial charge in [-0.05, 0) is 50.5 Å². The molecule has 5 heteroatoms. The summed E-state index contributed by atoms with van der Waals surface area (Å²) in [6.45, 7) is 6.36. The van der Waals surface area contributed by atoms with Gasteiger partial charge < -0.3 is 5.73 Å². The summed E-state index contributed by atoms with van der Waals surface area (Å²) in [7, 11) is 0. The molecule has 0 radical (unpaired) electrons. The molecule has 0 fully saturated rings. The number of Topliss-reactive ketones (excluding diaryl/α,β-unsaturated/α-hetero) is 4. The standard InChI is InChI=1S/C22H23NO4/c1-12-7-5-6-8-16(12)20-13(2)9-17(18(26)10-14(3)24)21(22(20)23)19(27)11-15(4)25/h5-9H,10-11,23H2,1-4H3. The highest BCUT2D eigenvalue weighted by atomic mass is 16.2. The molecule has 2 aromatic carbocycles. The summed E-state index contributed by atoms with van der Waals surface area (Å²) in [6, 6.07) is 9.19. The number of benzene rings is 2. The van der Waals surface area contributed by atoms with E-state index in [1.165, 1.54) is 13.8 Å². The highest BCUT2D eigenvalue weighted by molar-refractivity contribution is 6.20. The van der Waals surface area contributed by atoms with E-state index in [0.717, 1.165) is 16.7 Å². The first-order valence-corrected chi connectivity index (χ1v) is 8.67. The maximum Gasteiger partial charge on any atom is 0.173 e. The molecule has 2 rings (SSSR count). The van der Waals surface area contributed by atoms with E-state index in [1.54, 1.807) is 6.07 Å². The van der Waals surface area contributed by atoms with Gasteiger partial charge in [0.05, 0.1) is 24.1 Å². The normalized spacial score (nSPS) is 10.5. The molecule has 0 saturated carbocycles. The molecule has 5 nitrogen and oxygen atoms in total. The lowest BCUT2D eigenvalue weighted by Crippen LogP contribution is -2.17. The Kier molecular flexibility index (Phi) is 6.05. The van der Waals surface area contributed by atoms with Crippen LogP contribution in [0.1, 0.15) is 58.5 Å². The zero-order chi connectivity index (χ0) is 20.3. The van der Waals surface area contributed by atoms with Crippen molar-refractivity contribution in [3.8, 4) is 11.1 Å². The van der Waals surface area contributed by atoms with Crippen LogP contribution < -0.4 is 5.73 Å². The van der Waals surface area contributed by atoms with Crippen LogP contribution in [-0.4, -0.2) is 23.1 Å². The highest BCUT2D eigenvalue weighted by Crippen LogP contribution is 2.37. The third-order valence-corrected chi connectivity index (χ3v) is 4.38. The van der Waals surface area contributed by atoms with Crippen molar-refractivity contribution in [1.82, 2.24) is 0 Å². The third-order valence-electron chi connectivity index (χ3n) is 4.38. The predicted molar refractivity (Wildman–Crippen MR) is 105 cm³/mol. The molecule has 0 heterocycles. The van der Waals surface area contributed by atoms with E-state index < -0.39 is 11.6 Å². The summed E-state index contributed by atoms with van der Waals surface area (Å²) < 4.78 is 0. The van der Waals surface area contributed by atoms with Crippen molar-refractivity contribution in [3.05, 3.63) is 52.6 Å². The lowest BCUT2D eigenvalue weighted by Gasteiger charge is -2.18. The Morgan fingerprint density at radius 2 is 1.41 bits per heavy atom. The number of hydrogen-bond donors (Lipinski definition) is 1. The third kappa shape index (κ3) is 4.37. The van der Waals surface area contributed by atoms with Crippen molar-refractivity contribution < 1.29 is 19.2 Å². The van der Waals surface area contributed by atoms with Gasteiger partial charge in [0, 0.05) is 11.1 Å². The molecule has 0 aliphatic carbocycles. The average molecular weight is 365 g/mol. The van der Waals surface area contributed by atoms with E-state index in [-0.39, 0.29) is 41.2 Å². The first kappa shape index (κ1) is 20.2. The number of nitrogen functional groups attached to an aromatic ring is 1. The van der Waals surface area contributed by atoms with Crippen LogP contribution in [0, 0.1) is 13.8 Å². The van der Waals surface area contributed by atoms with Crippen LogP contribution in [0.4, 0.5) is 5.69 Å². The predicted octanol–water partition coefficient (Wildman–Crippen LogP) is 3.88. The molecular formula is C22H23NO4. The van der Waals surface area contributed by atoms with Crippen molar-refractivity contribution in [2.24, 2.45) is 0 Å². The van der Waals surface area contributed by atoms with Gasteiger partial charge in [-0.15, -0.1) is 0 Å². The van der Waals surface area contributed by atoms with Crippen LogP contribution in [0.5, 0.6) is 0 Å². The molecule has 0 amide bonds. The van der Waals surface area contributed by atoms with E-state index in [2.05, 4.69) is 0 Å². The second-order valence-electron chi connectivity index (χ2n) is 6.82. The zero-order valence-corrected chi connectivity index (χ0v) is 16.0. The Balaban J connectivity index is 2.78. The molecule has 0 aromatic heterocycles. The highest BCUT2D eigenvalue weighted by Gasteiger charge is 2.25. The Morgan fingerprint density at radius 3 is 1.96 bits per heavy atom. The summed E-state index contributed by atoms with van der Waals surface area (Å²) >= 11 is 0. The average Bonchev–Trinajstić information content (AvgIpc) is 2.54. The smallest absolute Gasteiger partial charge is 0.173 e. The molecule has 0 bridgehead atoms. The molecule has 0 unspecified atom stereocenters.